The summed E-state index contributed by atoms with van der Waals surface area (Å²) in [4.78, 5) is 38.1. The Kier molecular flexibility index (Phi) is 5.33. The van der Waals surface area contributed by atoms with E-state index < -0.39 is 16.9 Å². The maximum atomic E-state index is 13.5. The summed E-state index contributed by atoms with van der Waals surface area (Å²) in [6.45, 7) is -0.187. The van der Waals surface area contributed by atoms with Crippen molar-refractivity contribution in [3.63, 3.8) is 0 Å². The Morgan fingerprint density at radius 1 is 1.07 bits per heavy atom. The molecule has 30 heavy (non-hydrogen) atoms. The average Bonchev–Trinajstić information content (AvgIpc) is 2.89. The second-order valence-corrected chi connectivity index (χ2v) is 7.75. The van der Waals surface area contributed by atoms with Crippen LogP contribution < -0.4 is 5.32 Å². The van der Waals surface area contributed by atoms with Gasteiger partial charge in [-0.05, 0) is 29.8 Å². The molecule has 1 unspecified atom stereocenters. The first-order valence-corrected chi connectivity index (χ1v) is 9.93. The first-order chi connectivity index (χ1) is 14.4. The average molecular weight is 466 g/mol. The molecule has 1 aliphatic rings. The first kappa shape index (κ1) is 19.8. The summed E-state index contributed by atoms with van der Waals surface area (Å²) in [5.74, 6) is -0.800. The predicted octanol–water partition coefficient (Wildman–Crippen LogP) is 4.54. The maximum Gasteiger partial charge on any atom is 0.270 e. The van der Waals surface area contributed by atoms with Gasteiger partial charge in [-0.25, -0.2) is 0 Å². The number of amides is 2. The molecule has 1 N–H and O–H groups in total. The van der Waals surface area contributed by atoms with Crippen LogP contribution in [0.2, 0.25) is 0 Å². The lowest BCUT2D eigenvalue weighted by atomic mass is 9.95. The van der Waals surface area contributed by atoms with Gasteiger partial charge in [0.2, 0.25) is 5.91 Å². The van der Waals surface area contributed by atoms with Crippen molar-refractivity contribution in [2.75, 3.05) is 11.9 Å². The van der Waals surface area contributed by atoms with Gasteiger partial charge in [0.1, 0.15) is 6.54 Å². The number of hydrogen-bond acceptors (Lipinski definition) is 4. The van der Waals surface area contributed by atoms with Crippen LogP contribution in [0.4, 0.5) is 11.4 Å². The van der Waals surface area contributed by atoms with Crippen molar-refractivity contribution in [2.24, 2.45) is 0 Å². The van der Waals surface area contributed by atoms with Gasteiger partial charge in [0.25, 0.3) is 11.6 Å². The van der Waals surface area contributed by atoms with E-state index in [9.17, 15) is 19.7 Å². The zero-order valence-electron chi connectivity index (χ0n) is 15.6. The number of anilines is 1. The minimum absolute atomic E-state index is 0.149. The second kappa shape index (κ2) is 8.08. The number of rotatable bonds is 3. The van der Waals surface area contributed by atoms with Crippen molar-refractivity contribution < 1.29 is 14.5 Å². The van der Waals surface area contributed by atoms with Crippen LogP contribution in [0, 0.1) is 10.1 Å². The number of hydrogen-bond donors (Lipinski definition) is 1. The largest absolute Gasteiger partial charge is 0.324 e. The highest BCUT2D eigenvalue weighted by atomic mass is 79.9. The Morgan fingerprint density at radius 3 is 2.57 bits per heavy atom. The molecule has 150 valence electrons. The zero-order chi connectivity index (χ0) is 21.3. The van der Waals surface area contributed by atoms with E-state index in [0.29, 0.717) is 5.69 Å². The molecular formula is C22H16BrN3O4. The SMILES string of the molecule is O=C1CN(C(=O)c2cccc([N+](=O)[O-])c2)C(c2ccccc2)c2cc(Br)ccc2N1. The number of carbonyl (C=O) groups is 2. The van der Waals surface area contributed by atoms with E-state index in [0.717, 1.165) is 15.6 Å². The van der Waals surface area contributed by atoms with E-state index in [4.69, 9.17) is 0 Å². The summed E-state index contributed by atoms with van der Waals surface area (Å²) in [5, 5.41) is 14.0. The quantitative estimate of drug-likeness (QED) is 0.453. The van der Waals surface area contributed by atoms with E-state index in [1.165, 1.54) is 29.2 Å². The molecule has 0 fully saturated rings. The number of non-ortho nitro benzene ring substituents is 1. The monoisotopic (exact) mass is 465 g/mol. The van der Waals surface area contributed by atoms with Crippen molar-refractivity contribution in [1.29, 1.82) is 0 Å². The topological polar surface area (TPSA) is 92.5 Å². The van der Waals surface area contributed by atoms with Crippen molar-refractivity contribution in [3.8, 4) is 0 Å². The van der Waals surface area contributed by atoms with Crippen LogP contribution in [0.3, 0.4) is 0 Å². The molecule has 0 saturated heterocycles. The molecule has 1 atom stereocenters. The van der Waals surface area contributed by atoms with Gasteiger partial charge in [-0.3, -0.25) is 19.7 Å². The third-order valence-electron chi connectivity index (χ3n) is 4.89. The lowest BCUT2D eigenvalue weighted by Crippen LogP contribution is -2.39. The van der Waals surface area contributed by atoms with E-state index >= 15 is 0 Å². The summed E-state index contributed by atoms with van der Waals surface area (Å²) in [6.07, 6.45) is 0. The molecule has 7 nitrogen and oxygen atoms in total. The number of halogens is 1. The van der Waals surface area contributed by atoms with E-state index in [1.54, 1.807) is 6.07 Å². The molecule has 0 radical (unpaired) electrons. The lowest BCUT2D eigenvalue weighted by molar-refractivity contribution is -0.384. The fraction of sp³-hybridized carbons (Fsp3) is 0.0909. The normalized spacial score (nSPS) is 15.7. The molecular weight excluding hydrogens is 450 g/mol. The zero-order valence-corrected chi connectivity index (χ0v) is 17.2. The van der Waals surface area contributed by atoms with Crippen molar-refractivity contribution in [1.82, 2.24) is 4.90 Å². The Balaban J connectivity index is 1.87. The molecule has 1 heterocycles. The van der Waals surface area contributed by atoms with Crippen LogP contribution in [-0.2, 0) is 4.79 Å². The highest BCUT2D eigenvalue weighted by Gasteiger charge is 2.34. The van der Waals surface area contributed by atoms with Crippen LogP contribution >= 0.6 is 15.9 Å². The summed E-state index contributed by atoms with van der Waals surface area (Å²) in [6, 6.07) is 19.8. The van der Waals surface area contributed by atoms with Gasteiger partial charge in [-0.15, -0.1) is 0 Å². The van der Waals surface area contributed by atoms with Crippen molar-refractivity contribution in [2.45, 2.75) is 6.04 Å². The number of nitrogens with zero attached hydrogens (tertiary/aromatic N) is 2. The number of carbonyl (C=O) groups excluding carboxylic acids is 2. The highest BCUT2D eigenvalue weighted by Crippen LogP contribution is 2.38. The predicted molar refractivity (Wildman–Crippen MR) is 115 cm³/mol. The molecule has 3 aromatic carbocycles. The number of nitro benzene ring substituents is 1. The Hall–Kier alpha value is -3.52. The summed E-state index contributed by atoms with van der Waals surface area (Å²) in [5.41, 5.74) is 2.16. The number of fused-ring (bicyclic) bond motifs is 1. The van der Waals surface area contributed by atoms with Gasteiger partial charge in [-0.1, -0.05) is 52.3 Å². The van der Waals surface area contributed by atoms with Gasteiger partial charge >= 0.3 is 0 Å². The molecule has 8 heteroatoms. The molecule has 0 saturated carbocycles. The van der Waals surface area contributed by atoms with Crippen LogP contribution in [0.25, 0.3) is 0 Å². The fourth-order valence-electron chi connectivity index (χ4n) is 3.58. The molecule has 0 bridgehead atoms. The van der Waals surface area contributed by atoms with Crippen molar-refractivity contribution in [3.05, 3.63) is 104 Å². The summed E-state index contributed by atoms with van der Waals surface area (Å²) < 4.78 is 0.807. The number of nitrogens with one attached hydrogen (secondary N) is 1. The number of nitro groups is 1. The summed E-state index contributed by atoms with van der Waals surface area (Å²) in [7, 11) is 0. The highest BCUT2D eigenvalue weighted by molar-refractivity contribution is 9.10. The molecule has 3 aromatic rings. The fourth-order valence-corrected chi connectivity index (χ4v) is 3.96. The standard InChI is InChI=1S/C22H16BrN3O4/c23-16-9-10-19-18(12-16)21(14-5-2-1-3-6-14)25(13-20(27)24-19)22(28)15-7-4-8-17(11-15)26(29)30/h1-12,21H,13H2,(H,24,27). The van der Waals surface area contributed by atoms with Crippen LogP contribution in [0.1, 0.15) is 27.5 Å². The number of benzene rings is 3. The molecule has 0 aliphatic carbocycles. The second-order valence-electron chi connectivity index (χ2n) is 6.83. The van der Waals surface area contributed by atoms with Crippen LogP contribution in [-0.4, -0.2) is 28.2 Å². The Morgan fingerprint density at radius 2 is 1.83 bits per heavy atom. The third kappa shape index (κ3) is 3.81. The Bertz CT molecular complexity index is 1150. The first-order valence-electron chi connectivity index (χ1n) is 9.14. The smallest absolute Gasteiger partial charge is 0.270 e. The van der Waals surface area contributed by atoms with Gasteiger partial charge in [0.15, 0.2) is 0 Å². The lowest BCUT2D eigenvalue weighted by Gasteiger charge is -2.30. The maximum absolute atomic E-state index is 13.5. The molecule has 0 spiro atoms. The van der Waals surface area contributed by atoms with Gasteiger partial charge < -0.3 is 10.2 Å². The molecule has 4 rings (SSSR count). The minimum atomic E-state index is -0.551. The van der Waals surface area contributed by atoms with Crippen LogP contribution in [0.5, 0.6) is 0 Å². The van der Waals surface area contributed by atoms with E-state index in [-0.39, 0.29) is 23.7 Å². The molecule has 0 aromatic heterocycles. The van der Waals surface area contributed by atoms with Gasteiger partial charge in [0.05, 0.1) is 11.0 Å². The minimum Gasteiger partial charge on any atom is -0.324 e. The molecule has 2 amide bonds. The van der Waals surface area contributed by atoms with Gasteiger partial charge in [-0.2, -0.15) is 0 Å². The van der Waals surface area contributed by atoms with Crippen molar-refractivity contribution >= 4 is 39.1 Å². The Labute approximate surface area is 180 Å². The van der Waals surface area contributed by atoms with E-state index in [2.05, 4.69) is 21.2 Å². The summed E-state index contributed by atoms with van der Waals surface area (Å²) >= 11 is 3.47. The van der Waals surface area contributed by atoms with E-state index in [1.807, 2.05) is 42.5 Å². The third-order valence-corrected chi connectivity index (χ3v) is 5.38. The van der Waals surface area contributed by atoms with Crippen LogP contribution in [0.15, 0.2) is 77.3 Å². The van der Waals surface area contributed by atoms with Gasteiger partial charge in [0, 0.05) is 33.4 Å². The molecule has 1 aliphatic heterocycles.